The largest absolute Gasteiger partial charge is 0.466 e. The fraction of sp³-hybridized carbons (Fsp3) is 0.350. The van der Waals surface area contributed by atoms with Crippen LogP contribution in [0.1, 0.15) is 39.2 Å². The molecule has 1 aliphatic heterocycles. The number of nitrogens with zero attached hydrogens (tertiary/aromatic N) is 2. The first kappa shape index (κ1) is 23.4. The van der Waals surface area contributed by atoms with Crippen molar-refractivity contribution >= 4 is 17.6 Å². The van der Waals surface area contributed by atoms with Gasteiger partial charge in [0.25, 0.3) is 5.69 Å². The highest BCUT2D eigenvalue weighted by Gasteiger charge is 2.38. The number of rotatable bonds is 6. The lowest BCUT2D eigenvalue weighted by Crippen LogP contribution is -2.32. The molecule has 0 radical (unpaired) electrons. The van der Waals surface area contributed by atoms with Crippen molar-refractivity contribution in [1.82, 2.24) is 5.32 Å². The van der Waals surface area contributed by atoms with Gasteiger partial charge in [0.1, 0.15) is 6.61 Å². The van der Waals surface area contributed by atoms with Gasteiger partial charge in [-0.2, -0.15) is 5.26 Å². The number of nitriles is 1. The molecule has 9 nitrogen and oxygen atoms in total. The summed E-state index contributed by atoms with van der Waals surface area (Å²) in [5, 5.41) is 22.8. The van der Waals surface area contributed by atoms with E-state index < -0.39 is 22.8 Å². The predicted octanol–water partition coefficient (Wildman–Crippen LogP) is 3.10. The van der Waals surface area contributed by atoms with Crippen LogP contribution in [-0.2, 0) is 19.1 Å². The molecule has 1 atom stereocenters. The topological polar surface area (TPSA) is 132 Å². The zero-order valence-electron chi connectivity index (χ0n) is 15.6. The zero-order valence-corrected chi connectivity index (χ0v) is 15.6. The van der Waals surface area contributed by atoms with E-state index in [1.54, 1.807) is 19.9 Å². The average molecular weight is 401 g/mol. The fourth-order valence-corrected chi connectivity index (χ4v) is 3.06. The maximum Gasteiger partial charge on any atom is 0.336 e. The number of allylic oxidation sites excluding steroid dienone is 2. The molecule has 0 aromatic heterocycles. The fourth-order valence-electron chi connectivity index (χ4n) is 3.06. The smallest absolute Gasteiger partial charge is 0.336 e. The van der Waals surface area contributed by atoms with E-state index in [0.29, 0.717) is 17.0 Å². The molecule has 0 amide bonds. The number of esters is 2. The van der Waals surface area contributed by atoms with Gasteiger partial charge >= 0.3 is 11.9 Å². The lowest BCUT2D eigenvalue weighted by Gasteiger charge is -2.30. The number of ether oxygens (including phenoxy) is 2. The summed E-state index contributed by atoms with van der Waals surface area (Å²) in [6.45, 7) is 3.19. The monoisotopic (exact) mass is 401 g/mol. The lowest BCUT2D eigenvalue weighted by molar-refractivity contribution is -0.384. The quantitative estimate of drug-likeness (QED) is 0.333. The third-order valence-corrected chi connectivity index (χ3v) is 4.25. The second kappa shape index (κ2) is 10.0. The molecule has 1 heterocycles. The number of benzene rings is 1. The standard InChI is InChI=1S/C19H19N3O6.CH4/c1-11-15(18(23)27-3)17(13-6-4-7-14(10-13)22(25)26)16(12(2)21-11)19(24)28-9-5-8-20;/h4,6-7,10,17,21H,5,9H2,1-3H3;1H4. The molecule has 2 rings (SSSR count). The number of nitrogens with one attached hydrogen (secondary N) is 1. The summed E-state index contributed by atoms with van der Waals surface area (Å²) < 4.78 is 10.0. The Bertz CT molecular complexity index is 926. The van der Waals surface area contributed by atoms with Crippen LogP contribution in [0.2, 0.25) is 0 Å². The molecule has 0 saturated carbocycles. The summed E-state index contributed by atoms with van der Waals surface area (Å²) in [6, 6.07) is 7.58. The Labute approximate surface area is 168 Å². The number of nitro groups is 1. The normalized spacial score (nSPS) is 15.6. The van der Waals surface area contributed by atoms with E-state index in [-0.39, 0.29) is 37.3 Å². The molecule has 1 N–H and O–H groups in total. The van der Waals surface area contributed by atoms with E-state index in [2.05, 4.69) is 5.32 Å². The first-order chi connectivity index (χ1) is 13.3. The van der Waals surface area contributed by atoms with Gasteiger partial charge in [0.15, 0.2) is 0 Å². The molecular formula is C20H23N3O6. The summed E-state index contributed by atoms with van der Waals surface area (Å²) in [5.41, 5.74) is 1.40. The summed E-state index contributed by atoms with van der Waals surface area (Å²) in [7, 11) is 1.21. The van der Waals surface area contributed by atoms with Gasteiger partial charge in [0.05, 0.1) is 41.6 Å². The molecule has 0 fully saturated rings. The van der Waals surface area contributed by atoms with Crippen molar-refractivity contribution in [1.29, 1.82) is 5.26 Å². The van der Waals surface area contributed by atoms with Crippen LogP contribution in [0.5, 0.6) is 0 Å². The van der Waals surface area contributed by atoms with Gasteiger partial charge < -0.3 is 14.8 Å². The Balaban J connectivity index is 0.00000420. The van der Waals surface area contributed by atoms with Crippen LogP contribution in [0.3, 0.4) is 0 Å². The number of dihydropyridines is 1. The van der Waals surface area contributed by atoms with Gasteiger partial charge in [-0.25, -0.2) is 9.59 Å². The van der Waals surface area contributed by atoms with Crippen molar-refractivity contribution in [3.8, 4) is 6.07 Å². The van der Waals surface area contributed by atoms with Crippen molar-refractivity contribution in [2.45, 2.75) is 33.6 Å². The molecule has 0 spiro atoms. The first-order valence-corrected chi connectivity index (χ1v) is 8.37. The third kappa shape index (κ3) is 4.99. The Morgan fingerprint density at radius 3 is 2.41 bits per heavy atom. The number of nitro benzene ring substituents is 1. The van der Waals surface area contributed by atoms with Crippen molar-refractivity contribution in [3.63, 3.8) is 0 Å². The van der Waals surface area contributed by atoms with Crippen LogP contribution in [0.25, 0.3) is 0 Å². The molecule has 1 unspecified atom stereocenters. The molecule has 154 valence electrons. The Kier molecular flexibility index (Phi) is 8.09. The minimum absolute atomic E-state index is 0. The van der Waals surface area contributed by atoms with E-state index in [1.165, 1.54) is 25.3 Å². The Hall–Kier alpha value is -3.67. The number of hydrogen-bond acceptors (Lipinski definition) is 8. The van der Waals surface area contributed by atoms with Crippen LogP contribution in [-0.4, -0.2) is 30.6 Å². The van der Waals surface area contributed by atoms with Gasteiger partial charge in [0.2, 0.25) is 0 Å². The van der Waals surface area contributed by atoms with E-state index in [9.17, 15) is 19.7 Å². The van der Waals surface area contributed by atoms with E-state index in [4.69, 9.17) is 14.7 Å². The summed E-state index contributed by atoms with van der Waals surface area (Å²) >= 11 is 0. The van der Waals surface area contributed by atoms with E-state index in [1.807, 2.05) is 6.07 Å². The maximum absolute atomic E-state index is 12.7. The summed E-state index contributed by atoms with van der Waals surface area (Å²) in [4.78, 5) is 35.8. The van der Waals surface area contributed by atoms with E-state index >= 15 is 0 Å². The molecule has 1 aromatic rings. The Morgan fingerprint density at radius 1 is 1.24 bits per heavy atom. The van der Waals surface area contributed by atoms with Gasteiger partial charge in [0, 0.05) is 23.5 Å². The highest BCUT2D eigenvalue weighted by Crippen LogP contribution is 2.40. The van der Waals surface area contributed by atoms with Crippen LogP contribution < -0.4 is 5.32 Å². The van der Waals surface area contributed by atoms with Crippen LogP contribution in [0.4, 0.5) is 5.69 Å². The third-order valence-electron chi connectivity index (χ3n) is 4.25. The molecule has 29 heavy (non-hydrogen) atoms. The van der Waals surface area contributed by atoms with Gasteiger partial charge in [-0.15, -0.1) is 0 Å². The second-order valence-electron chi connectivity index (χ2n) is 6.02. The van der Waals surface area contributed by atoms with Crippen LogP contribution >= 0.6 is 0 Å². The minimum atomic E-state index is -0.914. The highest BCUT2D eigenvalue weighted by molar-refractivity contribution is 5.99. The SMILES string of the molecule is C.COC(=O)C1=C(C)NC(C)=C(C(=O)OCCC#N)C1c1cccc([N+](=O)[O-])c1. The molecule has 0 aliphatic carbocycles. The molecule has 0 saturated heterocycles. The lowest BCUT2D eigenvalue weighted by atomic mass is 9.80. The second-order valence-corrected chi connectivity index (χ2v) is 6.02. The molecular weight excluding hydrogens is 378 g/mol. The van der Waals surface area contributed by atoms with E-state index in [0.717, 1.165) is 0 Å². The summed E-state index contributed by atoms with van der Waals surface area (Å²) in [5.74, 6) is -2.30. The number of carbonyl (C=O) groups is 2. The minimum Gasteiger partial charge on any atom is -0.466 e. The highest BCUT2D eigenvalue weighted by atomic mass is 16.6. The van der Waals surface area contributed by atoms with Crippen molar-refractivity contribution in [2.75, 3.05) is 13.7 Å². The van der Waals surface area contributed by atoms with Gasteiger partial charge in [-0.1, -0.05) is 19.6 Å². The van der Waals surface area contributed by atoms with Gasteiger partial charge in [-0.05, 0) is 19.4 Å². The maximum atomic E-state index is 12.7. The van der Waals surface area contributed by atoms with Crippen LogP contribution in [0.15, 0.2) is 46.8 Å². The number of methoxy groups -OCH3 is 1. The Morgan fingerprint density at radius 2 is 1.86 bits per heavy atom. The number of non-ortho nitro benzene ring substituents is 1. The zero-order chi connectivity index (χ0) is 20.8. The number of carbonyl (C=O) groups excluding carboxylic acids is 2. The number of hydrogen-bond donors (Lipinski definition) is 1. The van der Waals surface area contributed by atoms with Crippen molar-refractivity contribution in [3.05, 3.63) is 62.5 Å². The predicted molar refractivity (Wildman–Crippen MR) is 104 cm³/mol. The molecule has 9 heteroatoms. The van der Waals surface area contributed by atoms with Gasteiger partial charge in [-0.3, -0.25) is 10.1 Å². The first-order valence-electron chi connectivity index (χ1n) is 8.37. The summed E-state index contributed by atoms with van der Waals surface area (Å²) in [6.07, 6.45) is 0.0195. The molecule has 1 aliphatic rings. The molecule has 1 aromatic carbocycles. The van der Waals surface area contributed by atoms with Crippen LogP contribution in [0, 0.1) is 21.4 Å². The average Bonchev–Trinajstić information content (AvgIpc) is 2.67. The van der Waals surface area contributed by atoms with Crippen molar-refractivity contribution < 1.29 is 24.0 Å². The molecule has 0 bridgehead atoms. The van der Waals surface area contributed by atoms with Crippen molar-refractivity contribution in [2.24, 2.45) is 0 Å².